The molecule has 0 spiro atoms. The first-order chi connectivity index (χ1) is 6.77. The van der Waals surface area contributed by atoms with Gasteiger partial charge in [0.05, 0.1) is 6.10 Å². The lowest BCUT2D eigenvalue weighted by Crippen LogP contribution is -2.09. The highest BCUT2D eigenvalue weighted by molar-refractivity contribution is 5.18. The molecule has 1 aromatic rings. The number of hydrogen-bond donors (Lipinski definition) is 1. The summed E-state index contributed by atoms with van der Waals surface area (Å²) in [6.07, 6.45) is 3.38. The molecule has 0 saturated heterocycles. The summed E-state index contributed by atoms with van der Waals surface area (Å²) >= 11 is 0. The predicted octanol–water partition coefficient (Wildman–Crippen LogP) is 3.16. The highest BCUT2D eigenvalue weighted by Crippen LogP contribution is 2.38. The van der Waals surface area contributed by atoms with E-state index in [1.807, 2.05) is 30.3 Å². The molecular weight excluding hydrogens is 172 g/mol. The van der Waals surface area contributed by atoms with Gasteiger partial charge < -0.3 is 5.11 Å². The lowest BCUT2D eigenvalue weighted by molar-refractivity contribution is 0.109. The van der Waals surface area contributed by atoms with E-state index in [0.29, 0.717) is 5.92 Å². The topological polar surface area (TPSA) is 20.2 Å². The average molecular weight is 190 g/mol. The Morgan fingerprint density at radius 1 is 1.21 bits per heavy atom. The smallest absolute Gasteiger partial charge is 0.0818 e. The maximum absolute atomic E-state index is 10.1. The summed E-state index contributed by atoms with van der Waals surface area (Å²) in [5, 5.41) is 10.1. The molecule has 14 heavy (non-hydrogen) atoms. The fourth-order valence-electron chi connectivity index (χ4n) is 2.46. The zero-order valence-electron chi connectivity index (χ0n) is 8.69. The molecule has 2 rings (SSSR count). The third kappa shape index (κ3) is 1.98. The van der Waals surface area contributed by atoms with Gasteiger partial charge >= 0.3 is 0 Å². The Balaban J connectivity index is 2.05. The monoisotopic (exact) mass is 190 g/mol. The summed E-state index contributed by atoms with van der Waals surface area (Å²) in [4.78, 5) is 0. The van der Waals surface area contributed by atoms with Crippen LogP contribution in [0.4, 0.5) is 0 Å². The van der Waals surface area contributed by atoms with Crippen LogP contribution < -0.4 is 0 Å². The summed E-state index contributed by atoms with van der Waals surface area (Å²) in [6, 6.07) is 10.0. The standard InChI is InChI=1S/C13H18O/c1-10-7-8-12(9-10)13(14)11-5-3-2-4-6-11/h2-6,10,12-14H,7-9H2,1H3/t10-,12+,13-/m0/s1. The number of benzene rings is 1. The van der Waals surface area contributed by atoms with E-state index < -0.39 is 0 Å². The largest absolute Gasteiger partial charge is 0.388 e. The van der Waals surface area contributed by atoms with Crippen LogP contribution in [-0.4, -0.2) is 5.11 Å². The molecule has 0 amide bonds. The normalized spacial score (nSPS) is 29.0. The van der Waals surface area contributed by atoms with E-state index in [0.717, 1.165) is 11.5 Å². The molecule has 1 saturated carbocycles. The summed E-state index contributed by atoms with van der Waals surface area (Å²) in [6.45, 7) is 2.28. The molecule has 0 heterocycles. The second-order valence-corrected chi connectivity index (χ2v) is 4.53. The van der Waals surface area contributed by atoms with Gasteiger partial charge in [0.15, 0.2) is 0 Å². The molecule has 0 aliphatic heterocycles. The molecule has 76 valence electrons. The van der Waals surface area contributed by atoms with E-state index in [2.05, 4.69) is 6.92 Å². The van der Waals surface area contributed by atoms with Gasteiger partial charge in [-0.05, 0) is 30.2 Å². The van der Waals surface area contributed by atoms with Gasteiger partial charge in [-0.2, -0.15) is 0 Å². The molecule has 1 N–H and O–H groups in total. The lowest BCUT2D eigenvalue weighted by Gasteiger charge is -2.18. The van der Waals surface area contributed by atoms with Crippen molar-refractivity contribution in [2.75, 3.05) is 0 Å². The van der Waals surface area contributed by atoms with E-state index in [1.165, 1.54) is 19.3 Å². The quantitative estimate of drug-likeness (QED) is 0.759. The molecule has 0 unspecified atom stereocenters. The first-order valence-corrected chi connectivity index (χ1v) is 5.50. The van der Waals surface area contributed by atoms with Crippen LogP contribution in [0.2, 0.25) is 0 Å². The zero-order valence-corrected chi connectivity index (χ0v) is 8.69. The Hall–Kier alpha value is -0.820. The second-order valence-electron chi connectivity index (χ2n) is 4.53. The molecule has 1 aromatic carbocycles. The van der Waals surface area contributed by atoms with Crippen molar-refractivity contribution in [3.05, 3.63) is 35.9 Å². The SMILES string of the molecule is C[C@H]1CC[C@@H]([C@@H](O)c2ccccc2)C1. The fraction of sp³-hybridized carbons (Fsp3) is 0.538. The Morgan fingerprint density at radius 3 is 2.50 bits per heavy atom. The van der Waals surface area contributed by atoms with Crippen molar-refractivity contribution in [3.63, 3.8) is 0 Å². The van der Waals surface area contributed by atoms with Crippen molar-refractivity contribution in [1.82, 2.24) is 0 Å². The molecule has 1 aliphatic carbocycles. The highest BCUT2D eigenvalue weighted by atomic mass is 16.3. The molecule has 1 nitrogen and oxygen atoms in total. The molecule has 3 atom stereocenters. The van der Waals surface area contributed by atoms with E-state index in [9.17, 15) is 5.11 Å². The van der Waals surface area contributed by atoms with Gasteiger partial charge in [0.2, 0.25) is 0 Å². The molecule has 0 aromatic heterocycles. The minimum atomic E-state index is -0.249. The summed E-state index contributed by atoms with van der Waals surface area (Å²) in [7, 11) is 0. The van der Waals surface area contributed by atoms with E-state index >= 15 is 0 Å². The molecule has 0 radical (unpaired) electrons. The van der Waals surface area contributed by atoms with Gasteiger partial charge in [-0.15, -0.1) is 0 Å². The first-order valence-electron chi connectivity index (χ1n) is 5.50. The van der Waals surface area contributed by atoms with Crippen LogP contribution in [0.3, 0.4) is 0 Å². The van der Waals surface area contributed by atoms with Gasteiger partial charge in [-0.1, -0.05) is 43.7 Å². The number of rotatable bonds is 2. The van der Waals surface area contributed by atoms with Crippen molar-refractivity contribution < 1.29 is 5.11 Å². The summed E-state index contributed by atoms with van der Waals surface area (Å²) in [5.74, 6) is 1.27. The molecule has 1 aliphatic rings. The Morgan fingerprint density at radius 2 is 1.93 bits per heavy atom. The third-order valence-electron chi connectivity index (χ3n) is 3.32. The summed E-state index contributed by atoms with van der Waals surface area (Å²) < 4.78 is 0. The van der Waals surface area contributed by atoms with Crippen LogP contribution in [-0.2, 0) is 0 Å². The van der Waals surface area contributed by atoms with Gasteiger partial charge in [0.1, 0.15) is 0 Å². The highest BCUT2D eigenvalue weighted by Gasteiger charge is 2.28. The van der Waals surface area contributed by atoms with Crippen molar-refractivity contribution >= 4 is 0 Å². The van der Waals surface area contributed by atoms with Gasteiger partial charge in [-0.3, -0.25) is 0 Å². The summed E-state index contributed by atoms with van der Waals surface area (Å²) in [5.41, 5.74) is 1.08. The Labute approximate surface area is 85.8 Å². The maximum Gasteiger partial charge on any atom is 0.0818 e. The van der Waals surface area contributed by atoms with Crippen LogP contribution in [0.25, 0.3) is 0 Å². The molecule has 1 heteroatoms. The van der Waals surface area contributed by atoms with E-state index in [-0.39, 0.29) is 6.10 Å². The minimum absolute atomic E-state index is 0.249. The predicted molar refractivity (Wildman–Crippen MR) is 57.9 cm³/mol. The molecule has 1 fully saturated rings. The first kappa shape index (κ1) is 9.72. The van der Waals surface area contributed by atoms with E-state index in [4.69, 9.17) is 0 Å². The molecular formula is C13H18O. The maximum atomic E-state index is 10.1. The van der Waals surface area contributed by atoms with Crippen LogP contribution >= 0.6 is 0 Å². The minimum Gasteiger partial charge on any atom is -0.388 e. The van der Waals surface area contributed by atoms with Crippen LogP contribution in [0.15, 0.2) is 30.3 Å². The van der Waals surface area contributed by atoms with Crippen molar-refractivity contribution in [2.45, 2.75) is 32.3 Å². The van der Waals surface area contributed by atoms with Crippen LogP contribution in [0.1, 0.15) is 37.9 Å². The third-order valence-corrected chi connectivity index (χ3v) is 3.32. The molecule has 0 bridgehead atoms. The zero-order chi connectivity index (χ0) is 9.97. The van der Waals surface area contributed by atoms with Crippen LogP contribution in [0, 0.1) is 11.8 Å². The Kier molecular flexibility index (Phi) is 2.87. The van der Waals surface area contributed by atoms with Crippen molar-refractivity contribution in [1.29, 1.82) is 0 Å². The van der Waals surface area contributed by atoms with E-state index in [1.54, 1.807) is 0 Å². The van der Waals surface area contributed by atoms with Crippen molar-refractivity contribution in [3.8, 4) is 0 Å². The number of aliphatic hydroxyl groups excluding tert-OH is 1. The van der Waals surface area contributed by atoms with Crippen molar-refractivity contribution in [2.24, 2.45) is 11.8 Å². The number of aliphatic hydroxyl groups is 1. The number of hydrogen-bond acceptors (Lipinski definition) is 1. The van der Waals surface area contributed by atoms with Gasteiger partial charge in [0, 0.05) is 0 Å². The fourth-order valence-corrected chi connectivity index (χ4v) is 2.46. The second kappa shape index (κ2) is 4.14. The van der Waals surface area contributed by atoms with Crippen LogP contribution in [0.5, 0.6) is 0 Å². The van der Waals surface area contributed by atoms with Gasteiger partial charge in [0.25, 0.3) is 0 Å². The lowest BCUT2D eigenvalue weighted by atomic mass is 9.94. The van der Waals surface area contributed by atoms with Gasteiger partial charge in [-0.25, -0.2) is 0 Å². The average Bonchev–Trinajstić information content (AvgIpc) is 2.65. The Bertz CT molecular complexity index is 281.